The molecule has 0 aliphatic heterocycles. The average Bonchev–Trinajstić information content (AvgIpc) is 2.75. The average molecular weight is 457 g/mol. The molecule has 168 valence electrons. The fourth-order valence-corrected chi connectivity index (χ4v) is 4.08. The lowest BCUT2D eigenvalue weighted by molar-refractivity contribution is -0.113. The van der Waals surface area contributed by atoms with Gasteiger partial charge in [0.1, 0.15) is 5.82 Å². The molecule has 0 bridgehead atoms. The second-order valence-electron chi connectivity index (χ2n) is 7.06. The maximum absolute atomic E-state index is 13.3. The number of hydrogen-bond donors (Lipinski definition) is 2. The van der Waals surface area contributed by atoms with Crippen LogP contribution >= 0.6 is 11.8 Å². The smallest absolute Gasteiger partial charge is 0.262 e. The zero-order valence-corrected chi connectivity index (χ0v) is 18.9. The van der Waals surface area contributed by atoms with Gasteiger partial charge in [-0.15, -0.1) is 0 Å². The molecule has 0 unspecified atom stereocenters. The Labute approximate surface area is 189 Å². The molecule has 3 rings (SSSR count). The van der Waals surface area contributed by atoms with Gasteiger partial charge in [-0.05, 0) is 68.8 Å². The van der Waals surface area contributed by atoms with Crippen molar-refractivity contribution >= 4 is 29.0 Å². The zero-order chi connectivity index (χ0) is 23.3. The van der Waals surface area contributed by atoms with Crippen molar-refractivity contribution < 1.29 is 14.3 Å². The van der Waals surface area contributed by atoms with E-state index < -0.39 is 17.3 Å². The fraction of sp³-hybridized carbons (Fsp3) is 0.261. The summed E-state index contributed by atoms with van der Waals surface area (Å²) in [6, 6.07) is 12.1. The van der Waals surface area contributed by atoms with Gasteiger partial charge in [-0.1, -0.05) is 11.8 Å². The van der Waals surface area contributed by atoms with Crippen LogP contribution in [0, 0.1) is 12.7 Å². The minimum atomic E-state index is -0.533. The predicted octanol–water partition coefficient (Wildman–Crippen LogP) is 3.96. The first-order chi connectivity index (χ1) is 15.3. The fourth-order valence-electron chi connectivity index (χ4n) is 3.26. The van der Waals surface area contributed by atoms with Crippen molar-refractivity contribution in [2.45, 2.75) is 25.9 Å². The highest BCUT2D eigenvalue weighted by Crippen LogP contribution is 2.24. The van der Waals surface area contributed by atoms with E-state index in [1.807, 2.05) is 25.1 Å². The number of thioether (sulfide) groups is 1. The van der Waals surface area contributed by atoms with Crippen molar-refractivity contribution in [1.29, 1.82) is 0 Å². The van der Waals surface area contributed by atoms with Gasteiger partial charge in [0.15, 0.2) is 5.16 Å². The van der Waals surface area contributed by atoms with Crippen LogP contribution in [0.15, 0.2) is 58.5 Å². The number of rotatable bonds is 8. The van der Waals surface area contributed by atoms with Gasteiger partial charge in [-0.3, -0.25) is 14.2 Å². The van der Waals surface area contributed by atoms with E-state index in [0.29, 0.717) is 11.4 Å². The highest BCUT2D eigenvalue weighted by atomic mass is 32.2. The molecule has 0 saturated heterocycles. The molecule has 9 heteroatoms. The normalized spacial score (nSPS) is 10.8. The standard InChI is InChI=1S/C23H25FN4O3S/c1-4-27(5-2)18-10-11-19(15(3)12-18)25-21(30)14-32-23-26-20(29)13-22(31)28(23)17-8-6-16(24)7-9-17/h6-13,29H,4-5,14H2,1-3H3,(H,25,30). The molecule has 7 nitrogen and oxygen atoms in total. The Morgan fingerprint density at radius 2 is 1.84 bits per heavy atom. The number of carbonyl (C=O) groups is 1. The second kappa shape index (κ2) is 10.3. The van der Waals surface area contributed by atoms with Crippen molar-refractivity contribution in [3.63, 3.8) is 0 Å². The Bertz CT molecular complexity index is 1160. The minimum Gasteiger partial charge on any atom is -0.493 e. The van der Waals surface area contributed by atoms with Crippen LogP contribution in [-0.4, -0.2) is 39.4 Å². The van der Waals surface area contributed by atoms with Gasteiger partial charge in [0.25, 0.3) is 5.56 Å². The maximum Gasteiger partial charge on any atom is 0.262 e. The van der Waals surface area contributed by atoms with Crippen molar-refractivity contribution in [3.8, 4) is 11.6 Å². The van der Waals surface area contributed by atoms with Crippen LogP contribution in [0.2, 0.25) is 0 Å². The van der Waals surface area contributed by atoms with E-state index in [1.165, 1.54) is 28.8 Å². The molecule has 0 aliphatic rings. The van der Waals surface area contributed by atoms with Crippen molar-refractivity contribution in [1.82, 2.24) is 9.55 Å². The molecule has 1 aromatic heterocycles. The first-order valence-electron chi connectivity index (χ1n) is 10.2. The molecule has 0 atom stereocenters. The van der Waals surface area contributed by atoms with Crippen molar-refractivity contribution in [2.24, 2.45) is 0 Å². The lowest BCUT2D eigenvalue weighted by atomic mass is 10.1. The Morgan fingerprint density at radius 1 is 1.16 bits per heavy atom. The molecule has 0 spiro atoms. The first-order valence-corrected chi connectivity index (χ1v) is 11.2. The molecule has 0 aliphatic carbocycles. The number of aryl methyl sites for hydroxylation is 1. The molecule has 1 amide bonds. The summed E-state index contributed by atoms with van der Waals surface area (Å²) in [6.45, 7) is 7.90. The molecule has 2 N–H and O–H groups in total. The van der Waals surface area contributed by atoms with Gasteiger partial charge in [0.05, 0.1) is 17.5 Å². The number of halogens is 1. The summed E-state index contributed by atoms with van der Waals surface area (Å²) in [5, 5.41) is 12.8. The second-order valence-corrected chi connectivity index (χ2v) is 8.00. The highest BCUT2D eigenvalue weighted by molar-refractivity contribution is 7.99. The number of amides is 1. The Morgan fingerprint density at radius 3 is 2.47 bits per heavy atom. The lowest BCUT2D eigenvalue weighted by Gasteiger charge is -2.22. The van der Waals surface area contributed by atoms with Gasteiger partial charge in [-0.2, -0.15) is 4.98 Å². The number of nitrogens with zero attached hydrogens (tertiary/aromatic N) is 3. The predicted molar refractivity (Wildman–Crippen MR) is 126 cm³/mol. The Kier molecular flexibility index (Phi) is 7.53. The largest absolute Gasteiger partial charge is 0.493 e. The first kappa shape index (κ1) is 23.3. The summed E-state index contributed by atoms with van der Waals surface area (Å²) in [5.41, 5.74) is 2.58. The number of aromatic hydroxyl groups is 1. The van der Waals surface area contributed by atoms with E-state index in [1.54, 1.807) is 0 Å². The van der Waals surface area contributed by atoms with Gasteiger partial charge >= 0.3 is 0 Å². The van der Waals surface area contributed by atoms with Crippen LogP contribution in [-0.2, 0) is 4.79 Å². The maximum atomic E-state index is 13.3. The Balaban J connectivity index is 1.75. The molecule has 0 fully saturated rings. The van der Waals surface area contributed by atoms with Crippen LogP contribution in [0.4, 0.5) is 15.8 Å². The molecule has 0 radical (unpaired) electrons. The number of nitrogens with one attached hydrogen (secondary N) is 1. The molecule has 3 aromatic rings. The molecular weight excluding hydrogens is 431 g/mol. The van der Waals surface area contributed by atoms with Gasteiger partial charge < -0.3 is 15.3 Å². The Hall–Kier alpha value is -3.33. The third-order valence-electron chi connectivity index (χ3n) is 4.90. The quantitative estimate of drug-likeness (QED) is 0.394. The third kappa shape index (κ3) is 5.47. The topological polar surface area (TPSA) is 87.5 Å². The van der Waals surface area contributed by atoms with Crippen molar-refractivity contribution in [2.75, 3.05) is 29.1 Å². The summed E-state index contributed by atoms with van der Waals surface area (Å²) in [6.07, 6.45) is 0. The number of aromatic nitrogens is 2. The molecule has 32 heavy (non-hydrogen) atoms. The zero-order valence-electron chi connectivity index (χ0n) is 18.1. The van der Waals surface area contributed by atoms with Crippen molar-refractivity contribution in [3.05, 3.63) is 70.3 Å². The summed E-state index contributed by atoms with van der Waals surface area (Å²) in [5.74, 6) is -1.20. The van der Waals surface area contributed by atoms with E-state index in [2.05, 4.69) is 29.0 Å². The van der Waals surface area contributed by atoms with Crippen LogP contribution in [0.25, 0.3) is 5.69 Å². The number of carbonyl (C=O) groups excluding carboxylic acids is 1. The summed E-state index contributed by atoms with van der Waals surface area (Å²) in [4.78, 5) is 31.2. The van der Waals surface area contributed by atoms with Crippen LogP contribution in [0.3, 0.4) is 0 Å². The minimum absolute atomic E-state index is 0.0334. The molecule has 1 heterocycles. The van der Waals surface area contributed by atoms with Gasteiger partial charge in [0.2, 0.25) is 11.8 Å². The van der Waals surface area contributed by atoms with E-state index in [0.717, 1.165) is 42.2 Å². The third-order valence-corrected chi connectivity index (χ3v) is 5.84. The summed E-state index contributed by atoms with van der Waals surface area (Å²) in [7, 11) is 0. The number of benzene rings is 2. The number of anilines is 2. The SMILES string of the molecule is CCN(CC)c1ccc(NC(=O)CSc2nc(O)cc(=O)n2-c2ccc(F)cc2)c(C)c1. The van der Waals surface area contributed by atoms with E-state index in [9.17, 15) is 19.1 Å². The highest BCUT2D eigenvalue weighted by Gasteiger charge is 2.14. The van der Waals surface area contributed by atoms with Gasteiger partial charge in [-0.25, -0.2) is 4.39 Å². The molecular formula is C23H25FN4O3S. The van der Waals surface area contributed by atoms with Crippen LogP contribution in [0.5, 0.6) is 5.88 Å². The molecule has 2 aromatic carbocycles. The van der Waals surface area contributed by atoms with Gasteiger partial charge in [0, 0.05) is 24.5 Å². The van der Waals surface area contributed by atoms with Crippen LogP contribution < -0.4 is 15.8 Å². The van der Waals surface area contributed by atoms with E-state index in [-0.39, 0.29) is 16.8 Å². The van der Waals surface area contributed by atoms with E-state index in [4.69, 9.17) is 0 Å². The van der Waals surface area contributed by atoms with Crippen LogP contribution in [0.1, 0.15) is 19.4 Å². The van der Waals surface area contributed by atoms with E-state index >= 15 is 0 Å². The number of hydrogen-bond acceptors (Lipinski definition) is 6. The molecule has 0 saturated carbocycles. The monoisotopic (exact) mass is 456 g/mol. The summed E-state index contributed by atoms with van der Waals surface area (Å²) >= 11 is 1.00. The lowest BCUT2D eigenvalue weighted by Crippen LogP contribution is -2.22. The summed E-state index contributed by atoms with van der Waals surface area (Å²) < 4.78 is 14.5.